The Morgan fingerprint density at radius 3 is 2.36 bits per heavy atom. The highest BCUT2D eigenvalue weighted by Crippen LogP contribution is 2.04. The third-order valence-electron chi connectivity index (χ3n) is 3.08. The smallest absolute Gasteiger partial charge is 0.268 e. The predicted molar refractivity (Wildman–Crippen MR) is 95.7 cm³/mol. The summed E-state index contributed by atoms with van der Waals surface area (Å²) in [6.07, 6.45) is 8.15. The summed E-state index contributed by atoms with van der Waals surface area (Å²) in [7, 11) is 0. The molecule has 0 rings (SSSR count). The Labute approximate surface area is 137 Å². The van der Waals surface area contributed by atoms with Crippen molar-refractivity contribution in [1.29, 1.82) is 0 Å². The van der Waals surface area contributed by atoms with E-state index < -0.39 is 0 Å². The molecule has 1 amide bonds. The van der Waals surface area contributed by atoms with Crippen molar-refractivity contribution in [3.8, 4) is 0 Å². The van der Waals surface area contributed by atoms with Crippen molar-refractivity contribution in [1.82, 2.24) is 10.3 Å². The van der Waals surface area contributed by atoms with E-state index in [1.165, 1.54) is 24.1 Å². The molecule has 0 spiro atoms. The van der Waals surface area contributed by atoms with E-state index in [1.807, 2.05) is 13.8 Å². The molecule has 0 saturated heterocycles. The largest absolute Gasteiger partial charge is 0.393 e. The summed E-state index contributed by atoms with van der Waals surface area (Å²) in [6, 6.07) is 0. The Morgan fingerprint density at radius 1 is 1.18 bits per heavy atom. The normalized spacial score (nSPS) is 11.0. The van der Waals surface area contributed by atoms with Crippen LogP contribution < -0.4 is 16.9 Å². The molecule has 0 radical (unpaired) electrons. The zero-order valence-corrected chi connectivity index (χ0v) is 15.3. The molecule has 0 aromatic rings. The van der Waals surface area contributed by atoms with Crippen LogP contribution >= 0.6 is 0 Å². The number of rotatable bonds is 11. The van der Waals surface area contributed by atoms with Crippen LogP contribution in [0, 0.1) is 5.92 Å². The van der Waals surface area contributed by atoms with Gasteiger partial charge in [-0.15, -0.1) is 0 Å². The maximum Gasteiger partial charge on any atom is 0.268 e. The van der Waals surface area contributed by atoms with E-state index in [-0.39, 0.29) is 11.6 Å². The van der Waals surface area contributed by atoms with Gasteiger partial charge in [-0.2, -0.15) is 0 Å². The van der Waals surface area contributed by atoms with Gasteiger partial charge in [0.15, 0.2) is 0 Å². The van der Waals surface area contributed by atoms with Gasteiger partial charge in [-0.1, -0.05) is 53.9 Å². The first-order chi connectivity index (χ1) is 10.5. The number of hydrazine groups is 1. The lowest BCUT2D eigenvalue weighted by atomic mass is 10.1. The third kappa shape index (κ3) is 15.2. The second-order valence-electron chi connectivity index (χ2n) is 5.67. The van der Waals surface area contributed by atoms with Crippen molar-refractivity contribution in [3.05, 3.63) is 11.9 Å². The number of hydrogen-bond acceptors (Lipinski definition) is 4. The van der Waals surface area contributed by atoms with Gasteiger partial charge in [-0.05, 0) is 25.2 Å². The summed E-state index contributed by atoms with van der Waals surface area (Å²) in [5.41, 5.74) is 5.89. The molecule has 0 aromatic heterocycles. The molecule has 0 atom stereocenters. The summed E-state index contributed by atoms with van der Waals surface area (Å²) < 4.78 is 0. The minimum Gasteiger partial charge on any atom is -0.393 e. The van der Waals surface area contributed by atoms with E-state index in [0.29, 0.717) is 19.0 Å². The number of amides is 1. The molecular weight excluding hydrogens is 276 g/mol. The topological polar surface area (TPSA) is 84.4 Å². The fraction of sp³-hybridized carbons (Fsp3) is 0.824. The fourth-order valence-electron chi connectivity index (χ4n) is 1.84. The van der Waals surface area contributed by atoms with Crippen LogP contribution in [0.2, 0.25) is 0 Å². The molecule has 5 N–H and O–H groups in total. The van der Waals surface area contributed by atoms with E-state index in [1.54, 1.807) is 0 Å². The maximum absolute atomic E-state index is 11.7. The van der Waals surface area contributed by atoms with Gasteiger partial charge in [-0.25, -0.2) is 5.84 Å². The summed E-state index contributed by atoms with van der Waals surface area (Å²) in [4.78, 5) is 11.7. The number of unbranched alkanes of at least 4 members (excludes halogenated alkanes) is 3. The minimum atomic E-state index is -0.235. The molecule has 0 saturated carbocycles. The van der Waals surface area contributed by atoms with Gasteiger partial charge in [0.05, 0.1) is 0 Å². The average Bonchev–Trinajstić information content (AvgIpc) is 2.48. The number of nitrogens with one attached hydrogen (secondary N) is 1. The molecule has 22 heavy (non-hydrogen) atoms. The van der Waals surface area contributed by atoms with E-state index >= 15 is 0 Å². The zero-order chi connectivity index (χ0) is 17.4. The third-order valence-corrected chi connectivity index (χ3v) is 3.08. The second-order valence-corrected chi connectivity index (χ2v) is 5.67. The molecule has 132 valence electrons. The predicted octanol–water partition coefficient (Wildman–Crippen LogP) is 3.12. The van der Waals surface area contributed by atoms with Crippen molar-refractivity contribution in [3.63, 3.8) is 0 Å². The lowest BCUT2D eigenvalue weighted by Gasteiger charge is -2.15. The van der Waals surface area contributed by atoms with Gasteiger partial charge in [-0.3, -0.25) is 4.79 Å². The Hall–Kier alpha value is -1.23. The molecule has 0 fully saturated rings. The lowest BCUT2D eigenvalue weighted by molar-refractivity contribution is -0.117. The molecule has 5 nitrogen and oxygen atoms in total. The number of nitrogens with zero attached hydrogens (tertiary/aromatic N) is 1. The lowest BCUT2D eigenvalue weighted by Crippen LogP contribution is -2.33. The van der Waals surface area contributed by atoms with Crippen LogP contribution in [-0.2, 0) is 4.79 Å². The van der Waals surface area contributed by atoms with Crippen LogP contribution in [-0.4, -0.2) is 24.0 Å². The molecule has 0 aliphatic rings. The minimum absolute atomic E-state index is 0.174. The fourth-order valence-corrected chi connectivity index (χ4v) is 1.84. The van der Waals surface area contributed by atoms with Crippen LogP contribution in [0.25, 0.3) is 0 Å². The number of hydrogen-bond donors (Lipinski definition) is 3. The molecule has 0 aromatic carbocycles. The summed E-state index contributed by atoms with van der Waals surface area (Å²) >= 11 is 0. The number of nitrogens with two attached hydrogens (primary N) is 2. The Kier molecular flexibility index (Phi) is 16.9. The van der Waals surface area contributed by atoms with E-state index in [9.17, 15) is 4.79 Å². The van der Waals surface area contributed by atoms with Crippen molar-refractivity contribution in [2.45, 2.75) is 73.1 Å². The van der Waals surface area contributed by atoms with Crippen LogP contribution in [0.4, 0.5) is 0 Å². The molecule has 0 bridgehead atoms. The first-order valence-electron chi connectivity index (χ1n) is 8.74. The van der Waals surface area contributed by atoms with Crippen LogP contribution in [0.1, 0.15) is 73.1 Å². The van der Waals surface area contributed by atoms with Crippen LogP contribution in [0.3, 0.4) is 0 Å². The van der Waals surface area contributed by atoms with Crippen molar-refractivity contribution in [2.75, 3.05) is 13.1 Å². The Bertz CT molecular complexity index is 290. The second kappa shape index (κ2) is 16.1. The zero-order valence-electron chi connectivity index (χ0n) is 15.3. The van der Waals surface area contributed by atoms with Gasteiger partial charge >= 0.3 is 0 Å². The summed E-state index contributed by atoms with van der Waals surface area (Å²) in [5, 5.41) is 4.30. The molecule has 0 heterocycles. The van der Waals surface area contributed by atoms with Crippen molar-refractivity contribution in [2.24, 2.45) is 17.5 Å². The van der Waals surface area contributed by atoms with Crippen molar-refractivity contribution < 1.29 is 4.79 Å². The standard InChI is InChI=1S/C15H32N4O.C2H6/c1-4-5-6-7-10-18-15(20)14(16)12-19(17)11-8-9-13(2)3;1-2/h12-13H,4-11,16-17H2,1-3H3,(H,18,20);1-2H3/b14-12-;. The quantitative estimate of drug-likeness (QED) is 0.237. The maximum atomic E-state index is 11.7. The van der Waals surface area contributed by atoms with E-state index in [4.69, 9.17) is 11.6 Å². The van der Waals surface area contributed by atoms with E-state index in [0.717, 1.165) is 25.7 Å². The SMILES string of the molecule is CC.CCCCCCNC(=O)/C(N)=C/N(N)CCCC(C)C. The van der Waals surface area contributed by atoms with Crippen LogP contribution in [0.15, 0.2) is 11.9 Å². The van der Waals surface area contributed by atoms with Gasteiger partial charge in [0.1, 0.15) is 5.70 Å². The molecule has 0 aliphatic heterocycles. The highest BCUT2D eigenvalue weighted by Gasteiger charge is 2.05. The van der Waals surface area contributed by atoms with Crippen LogP contribution in [0.5, 0.6) is 0 Å². The number of carbonyl (C=O) groups is 1. The van der Waals surface area contributed by atoms with Gasteiger partial charge in [0.25, 0.3) is 5.91 Å². The Balaban J connectivity index is 0. The van der Waals surface area contributed by atoms with E-state index in [2.05, 4.69) is 26.1 Å². The number of carbonyl (C=O) groups excluding carboxylic acids is 1. The first-order valence-corrected chi connectivity index (χ1v) is 8.74. The van der Waals surface area contributed by atoms with Gasteiger partial charge in [0.2, 0.25) is 0 Å². The first kappa shape index (κ1) is 23.0. The Morgan fingerprint density at radius 2 is 1.82 bits per heavy atom. The highest BCUT2D eigenvalue weighted by atomic mass is 16.2. The summed E-state index contributed by atoms with van der Waals surface area (Å²) in [5.74, 6) is 6.22. The molecule has 0 unspecified atom stereocenters. The molecular formula is C17H38N4O. The molecule has 0 aliphatic carbocycles. The van der Waals surface area contributed by atoms with Crippen molar-refractivity contribution >= 4 is 5.91 Å². The van der Waals surface area contributed by atoms with Gasteiger partial charge in [0, 0.05) is 19.3 Å². The highest BCUT2D eigenvalue weighted by molar-refractivity contribution is 5.92. The monoisotopic (exact) mass is 314 g/mol. The molecule has 5 heteroatoms. The average molecular weight is 315 g/mol. The summed E-state index contributed by atoms with van der Waals surface area (Å²) in [6.45, 7) is 11.9. The van der Waals surface area contributed by atoms with Gasteiger partial charge < -0.3 is 16.1 Å².